The summed E-state index contributed by atoms with van der Waals surface area (Å²) in [5.74, 6) is 0.682. The first-order chi connectivity index (χ1) is 10.0. The number of morpholine rings is 1. The molecule has 21 heavy (non-hydrogen) atoms. The van der Waals surface area contributed by atoms with Crippen LogP contribution in [0, 0.1) is 5.92 Å². The molecule has 1 N–H and O–H groups in total. The first kappa shape index (κ1) is 16.4. The van der Waals surface area contributed by atoms with Gasteiger partial charge in [0.05, 0.1) is 18.4 Å². The number of nitrogens with one attached hydrogen (secondary N) is 1. The van der Waals surface area contributed by atoms with E-state index in [9.17, 15) is 0 Å². The Morgan fingerprint density at radius 3 is 2.86 bits per heavy atom. The summed E-state index contributed by atoms with van der Waals surface area (Å²) >= 11 is 0. The average Bonchev–Trinajstić information content (AvgIpc) is 2.44. The van der Waals surface area contributed by atoms with Crippen LogP contribution in [0.15, 0.2) is 18.3 Å². The van der Waals surface area contributed by atoms with Crippen molar-refractivity contribution in [2.75, 3.05) is 19.7 Å². The molecule has 1 aromatic rings. The Balaban J connectivity index is 1.84. The lowest BCUT2D eigenvalue weighted by atomic mass is 10.1. The molecule has 2 atom stereocenters. The number of rotatable bonds is 6. The van der Waals surface area contributed by atoms with Gasteiger partial charge in [-0.1, -0.05) is 19.9 Å². The molecule has 4 heteroatoms. The van der Waals surface area contributed by atoms with Crippen molar-refractivity contribution >= 4 is 0 Å². The van der Waals surface area contributed by atoms with Gasteiger partial charge in [0.15, 0.2) is 0 Å². The summed E-state index contributed by atoms with van der Waals surface area (Å²) < 4.78 is 5.67. The first-order valence-corrected chi connectivity index (χ1v) is 8.04. The van der Waals surface area contributed by atoms with Gasteiger partial charge in [-0.25, -0.2) is 0 Å². The second-order valence-corrected chi connectivity index (χ2v) is 6.60. The van der Waals surface area contributed by atoms with Crippen LogP contribution in [0.4, 0.5) is 0 Å². The number of nitrogens with zero attached hydrogens (tertiary/aromatic N) is 2. The van der Waals surface area contributed by atoms with Crippen molar-refractivity contribution in [3.8, 4) is 0 Å². The Bertz CT molecular complexity index is 419. The summed E-state index contributed by atoms with van der Waals surface area (Å²) in [5.41, 5.74) is 2.39. The molecule has 1 aliphatic rings. The number of ether oxygens (including phenoxy) is 1. The number of hydrogen-bond donors (Lipinski definition) is 1. The summed E-state index contributed by atoms with van der Waals surface area (Å²) in [6.45, 7) is 13.5. The monoisotopic (exact) mass is 291 g/mol. The lowest BCUT2D eigenvalue weighted by Crippen LogP contribution is -2.46. The van der Waals surface area contributed by atoms with Crippen molar-refractivity contribution in [2.45, 2.75) is 52.9 Å². The van der Waals surface area contributed by atoms with Crippen molar-refractivity contribution in [1.29, 1.82) is 0 Å². The van der Waals surface area contributed by atoms with Crippen molar-refractivity contribution in [1.82, 2.24) is 15.2 Å². The summed E-state index contributed by atoms with van der Waals surface area (Å²) in [6, 6.07) is 4.80. The lowest BCUT2D eigenvalue weighted by Gasteiger charge is -2.36. The van der Waals surface area contributed by atoms with E-state index in [1.54, 1.807) is 0 Å². The van der Waals surface area contributed by atoms with E-state index in [1.807, 2.05) is 6.20 Å². The molecule has 0 saturated carbocycles. The molecule has 4 nitrogen and oxygen atoms in total. The lowest BCUT2D eigenvalue weighted by molar-refractivity contribution is -0.0530. The van der Waals surface area contributed by atoms with E-state index in [0.29, 0.717) is 18.1 Å². The molecule has 0 radical (unpaired) electrons. The van der Waals surface area contributed by atoms with Gasteiger partial charge in [0.1, 0.15) is 0 Å². The van der Waals surface area contributed by atoms with Crippen molar-refractivity contribution in [2.24, 2.45) is 5.92 Å². The predicted octanol–water partition coefficient (Wildman–Crippen LogP) is 2.44. The molecule has 0 bridgehead atoms. The minimum atomic E-state index is 0.320. The second-order valence-electron chi connectivity index (χ2n) is 6.60. The molecule has 2 rings (SSSR count). The van der Waals surface area contributed by atoms with Gasteiger partial charge in [0, 0.05) is 31.9 Å². The first-order valence-electron chi connectivity index (χ1n) is 8.04. The van der Waals surface area contributed by atoms with Gasteiger partial charge in [-0.3, -0.25) is 9.88 Å². The zero-order valence-electron chi connectivity index (χ0n) is 13.8. The van der Waals surface area contributed by atoms with Gasteiger partial charge in [-0.2, -0.15) is 0 Å². The smallest absolute Gasteiger partial charge is 0.0674 e. The van der Waals surface area contributed by atoms with Crippen LogP contribution in [-0.2, 0) is 17.8 Å². The Labute approximate surface area is 128 Å². The largest absolute Gasteiger partial charge is 0.376 e. The van der Waals surface area contributed by atoms with E-state index >= 15 is 0 Å². The van der Waals surface area contributed by atoms with Gasteiger partial charge in [-0.15, -0.1) is 0 Å². The summed E-state index contributed by atoms with van der Waals surface area (Å²) in [5, 5.41) is 3.45. The minimum Gasteiger partial charge on any atom is -0.376 e. The summed E-state index contributed by atoms with van der Waals surface area (Å²) in [7, 11) is 0. The summed E-state index contributed by atoms with van der Waals surface area (Å²) in [4.78, 5) is 7.06. The zero-order valence-corrected chi connectivity index (χ0v) is 13.8. The fourth-order valence-electron chi connectivity index (χ4n) is 2.56. The van der Waals surface area contributed by atoms with Crippen LogP contribution in [0.2, 0.25) is 0 Å². The molecule has 2 unspecified atom stereocenters. The van der Waals surface area contributed by atoms with Crippen LogP contribution in [0.5, 0.6) is 0 Å². The molecule has 0 aromatic carbocycles. The maximum absolute atomic E-state index is 5.67. The molecular weight excluding hydrogens is 262 g/mol. The molecule has 0 amide bonds. The van der Waals surface area contributed by atoms with E-state index in [1.165, 1.54) is 5.56 Å². The van der Waals surface area contributed by atoms with Crippen LogP contribution in [0.3, 0.4) is 0 Å². The van der Waals surface area contributed by atoms with Crippen LogP contribution in [0.1, 0.15) is 39.0 Å². The number of hydrogen-bond acceptors (Lipinski definition) is 4. The Morgan fingerprint density at radius 1 is 1.38 bits per heavy atom. The highest BCUT2D eigenvalue weighted by Gasteiger charge is 2.23. The standard InChI is InChI=1S/C17H29N3O/c1-13(2)7-18-8-16-5-6-17(19-9-16)11-20-10-15(4)21-12-14(20)3/h5-6,9,13-15,18H,7-8,10-12H2,1-4H3. The van der Waals surface area contributed by atoms with Crippen molar-refractivity contribution < 1.29 is 4.74 Å². The SMILES string of the molecule is CC(C)CNCc1ccc(CN2CC(C)OCC2C)nc1. The van der Waals surface area contributed by atoms with E-state index < -0.39 is 0 Å². The fraction of sp³-hybridized carbons (Fsp3) is 0.706. The molecule has 0 aliphatic carbocycles. The summed E-state index contributed by atoms with van der Waals surface area (Å²) in [6.07, 6.45) is 2.32. The van der Waals surface area contributed by atoms with Crippen molar-refractivity contribution in [3.05, 3.63) is 29.6 Å². The molecule has 2 heterocycles. The third kappa shape index (κ3) is 5.38. The van der Waals surface area contributed by atoms with Crippen LogP contribution in [0.25, 0.3) is 0 Å². The molecule has 1 aliphatic heterocycles. The highest BCUT2D eigenvalue weighted by atomic mass is 16.5. The van der Waals surface area contributed by atoms with Crippen molar-refractivity contribution in [3.63, 3.8) is 0 Å². The normalized spacial score (nSPS) is 23.7. The second kappa shape index (κ2) is 7.87. The van der Waals surface area contributed by atoms with Gasteiger partial charge in [0.2, 0.25) is 0 Å². The highest BCUT2D eigenvalue weighted by Crippen LogP contribution is 2.14. The Kier molecular flexibility index (Phi) is 6.15. The fourth-order valence-corrected chi connectivity index (χ4v) is 2.56. The quantitative estimate of drug-likeness (QED) is 0.873. The minimum absolute atomic E-state index is 0.320. The third-order valence-electron chi connectivity index (χ3n) is 3.87. The van der Waals surface area contributed by atoms with Gasteiger partial charge in [0.25, 0.3) is 0 Å². The number of aromatic nitrogens is 1. The molecule has 0 spiro atoms. The highest BCUT2D eigenvalue weighted by molar-refractivity contribution is 5.14. The van der Waals surface area contributed by atoms with Crippen LogP contribution < -0.4 is 5.32 Å². The zero-order chi connectivity index (χ0) is 15.2. The van der Waals surface area contributed by atoms with E-state index in [-0.39, 0.29) is 0 Å². The van der Waals surface area contributed by atoms with E-state index in [4.69, 9.17) is 4.74 Å². The van der Waals surface area contributed by atoms with Gasteiger partial charge < -0.3 is 10.1 Å². The maximum Gasteiger partial charge on any atom is 0.0674 e. The van der Waals surface area contributed by atoms with E-state index in [2.05, 4.69) is 55.0 Å². The predicted molar refractivity (Wildman–Crippen MR) is 86.1 cm³/mol. The maximum atomic E-state index is 5.67. The molecular formula is C17H29N3O. The Morgan fingerprint density at radius 2 is 2.19 bits per heavy atom. The van der Waals surface area contributed by atoms with Gasteiger partial charge in [-0.05, 0) is 37.9 Å². The number of pyridine rings is 1. The van der Waals surface area contributed by atoms with E-state index in [0.717, 1.165) is 38.5 Å². The van der Waals surface area contributed by atoms with Crippen LogP contribution in [-0.4, -0.2) is 41.7 Å². The van der Waals surface area contributed by atoms with Crippen LogP contribution >= 0.6 is 0 Å². The topological polar surface area (TPSA) is 37.4 Å². The molecule has 118 valence electrons. The molecule has 1 fully saturated rings. The molecule has 1 saturated heterocycles. The molecule has 1 aromatic heterocycles. The average molecular weight is 291 g/mol. The van der Waals surface area contributed by atoms with Gasteiger partial charge >= 0.3 is 0 Å². The Hall–Kier alpha value is -0.970. The third-order valence-corrected chi connectivity index (χ3v) is 3.87.